The number of aryl methyl sites for hydroxylation is 2. The molecule has 0 saturated heterocycles. The molecule has 0 aliphatic rings. The van der Waals surface area contributed by atoms with E-state index in [1.54, 1.807) is 19.1 Å². The van der Waals surface area contributed by atoms with Crippen LogP contribution in [-0.4, -0.2) is 36.6 Å². The van der Waals surface area contributed by atoms with Gasteiger partial charge in [0.05, 0.1) is 6.54 Å². The number of benzene rings is 1. The van der Waals surface area contributed by atoms with Gasteiger partial charge in [-0.05, 0) is 58.4 Å². The molecule has 1 unspecified atom stereocenters. The molecule has 1 atom stereocenters. The second-order valence-electron chi connectivity index (χ2n) is 7.43. The molecule has 2 aromatic rings. The normalized spacial score (nSPS) is 13.2. The number of aliphatic hydroxyl groups is 1. The molecule has 0 aliphatic carbocycles. The van der Waals surface area contributed by atoms with Gasteiger partial charge in [0.2, 0.25) is 5.91 Å². The van der Waals surface area contributed by atoms with Crippen molar-refractivity contribution < 1.29 is 14.3 Å². The Balaban J connectivity index is 0.00000480. The van der Waals surface area contributed by atoms with Crippen molar-refractivity contribution >= 4 is 53.1 Å². The zero-order chi connectivity index (χ0) is 22.3. The average Bonchev–Trinajstić information content (AvgIpc) is 3.02. The zero-order valence-corrected chi connectivity index (χ0v) is 21.7. The molecule has 0 spiro atoms. The molecule has 0 aliphatic heterocycles. The second-order valence-corrected chi connectivity index (χ2v) is 7.84. The van der Waals surface area contributed by atoms with Gasteiger partial charge in [0.25, 0.3) is 0 Å². The smallest absolute Gasteiger partial charge is 0.226 e. The maximum absolute atomic E-state index is 12.3. The van der Waals surface area contributed by atoms with E-state index in [2.05, 4.69) is 20.9 Å². The summed E-state index contributed by atoms with van der Waals surface area (Å²) in [6, 6.07) is 7.23. The lowest BCUT2D eigenvalue weighted by atomic mass is 9.96. The van der Waals surface area contributed by atoms with Crippen molar-refractivity contribution in [2.24, 2.45) is 4.99 Å². The third kappa shape index (κ3) is 8.01. The van der Waals surface area contributed by atoms with E-state index in [9.17, 15) is 9.90 Å². The highest BCUT2D eigenvalue weighted by atomic mass is 127. The summed E-state index contributed by atoms with van der Waals surface area (Å²) in [5, 5.41) is 20.6. The molecule has 0 saturated carbocycles. The summed E-state index contributed by atoms with van der Waals surface area (Å²) in [6.45, 7) is 10.4. The molecule has 1 aromatic carbocycles. The monoisotopic (exact) mass is 562 g/mol. The van der Waals surface area contributed by atoms with Gasteiger partial charge in [-0.15, -0.1) is 24.0 Å². The van der Waals surface area contributed by atoms with Gasteiger partial charge in [-0.2, -0.15) is 0 Å². The Labute approximate surface area is 206 Å². The molecule has 1 heterocycles. The van der Waals surface area contributed by atoms with Crippen LogP contribution in [-0.2, 0) is 10.4 Å². The van der Waals surface area contributed by atoms with E-state index in [4.69, 9.17) is 16.0 Å². The predicted molar refractivity (Wildman–Crippen MR) is 137 cm³/mol. The van der Waals surface area contributed by atoms with Crippen LogP contribution in [0.1, 0.15) is 42.9 Å². The van der Waals surface area contributed by atoms with Gasteiger partial charge in [-0.1, -0.05) is 17.7 Å². The van der Waals surface area contributed by atoms with Crippen LogP contribution in [0.3, 0.4) is 0 Å². The van der Waals surface area contributed by atoms with Gasteiger partial charge >= 0.3 is 0 Å². The topological polar surface area (TPSA) is 98.9 Å². The highest BCUT2D eigenvalue weighted by Gasteiger charge is 2.27. The largest absolute Gasteiger partial charge is 0.466 e. The molecule has 1 aromatic heterocycles. The Hall–Kier alpha value is -1.78. The summed E-state index contributed by atoms with van der Waals surface area (Å²) in [5.74, 6) is 1.83. The van der Waals surface area contributed by atoms with Crippen LogP contribution >= 0.6 is 35.6 Å². The van der Waals surface area contributed by atoms with Gasteiger partial charge in [0.1, 0.15) is 17.1 Å². The average molecular weight is 563 g/mol. The van der Waals surface area contributed by atoms with Crippen molar-refractivity contribution in [2.75, 3.05) is 25.0 Å². The minimum atomic E-state index is -1.16. The van der Waals surface area contributed by atoms with Crippen LogP contribution in [0.15, 0.2) is 33.7 Å². The maximum Gasteiger partial charge on any atom is 0.226 e. The first kappa shape index (κ1) is 27.3. The molecule has 7 nitrogen and oxygen atoms in total. The molecule has 4 N–H and O–H groups in total. The van der Waals surface area contributed by atoms with E-state index >= 15 is 0 Å². The van der Waals surface area contributed by atoms with E-state index in [-0.39, 0.29) is 42.8 Å². The van der Waals surface area contributed by atoms with Crippen LogP contribution in [0.25, 0.3) is 0 Å². The van der Waals surface area contributed by atoms with E-state index in [1.165, 1.54) is 0 Å². The number of carbonyl (C=O) groups is 1. The number of hydrogen-bond acceptors (Lipinski definition) is 4. The minimum Gasteiger partial charge on any atom is -0.466 e. The van der Waals surface area contributed by atoms with Gasteiger partial charge in [0.15, 0.2) is 5.96 Å². The lowest BCUT2D eigenvalue weighted by Gasteiger charge is -2.21. The SMILES string of the molecule is CCNC(=NCC(C)(O)c1cc(C)oc1C)NCCC(=O)Nc1cccc(Cl)c1C.I. The molecule has 0 fully saturated rings. The highest BCUT2D eigenvalue weighted by molar-refractivity contribution is 14.0. The highest BCUT2D eigenvalue weighted by Crippen LogP contribution is 2.27. The van der Waals surface area contributed by atoms with Crippen LogP contribution < -0.4 is 16.0 Å². The van der Waals surface area contributed by atoms with E-state index in [0.717, 1.165) is 16.9 Å². The Bertz CT molecular complexity index is 912. The molecule has 1 amide bonds. The molecule has 2 rings (SSSR count). The van der Waals surface area contributed by atoms with Crippen LogP contribution in [0, 0.1) is 20.8 Å². The fraction of sp³-hybridized carbons (Fsp3) is 0.455. The Morgan fingerprint density at radius 1 is 1.26 bits per heavy atom. The summed E-state index contributed by atoms with van der Waals surface area (Å²) >= 11 is 6.09. The van der Waals surface area contributed by atoms with E-state index in [0.29, 0.717) is 35.5 Å². The summed E-state index contributed by atoms with van der Waals surface area (Å²) in [4.78, 5) is 16.7. The number of nitrogens with zero attached hydrogens (tertiary/aromatic N) is 1. The molecule has 9 heteroatoms. The summed E-state index contributed by atoms with van der Waals surface area (Å²) in [5.41, 5.74) is 1.10. The lowest BCUT2D eigenvalue weighted by molar-refractivity contribution is -0.116. The number of amides is 1. The number of nitrogens with one attached hydrogen (secondary N) is 3. The quantitative estimate of drug-likeness (QED) is 0.219. The van der Waals surface area contributed by atoms with Crippen molar-refractivity contribution in [3.63, 3.8) is 0 Å². The van der Waals surface area contributed by atoms with Gasteiger partial charge in [-0.25, -0.2) is 4.99 Å². The number of halogens is 2. The Kier molecular flexibility index (Phi) is 10.8. The molecule has 31 heavy (non-hydrogen) atoms. The predicted octanol–water partition coefficient (Wildman–Crippen LogP) is 4.27. The van der Waals surface area contributed by atoms with Crippen molar-refractivity contribution in [2.45, 2.75) is 46.6 Å². The fourth-order valence-electron chi connectivity index (χ4n) is 3.08. The van der Waals surface area contributed by atoms with Gasteiger partial charge in [0, 0.05) is 35.8 Å². The number of furan rings is 1. The van der Waals surface area contributed by atoms with Crippen LogP contribution in [0.5, 0.6) is 0 Å². The lowest BCUT2D eigenvalue weighted by Crippen LogP contribution is -2.40. The maximum atomic E-state index is 12.3. The molecular formula is C22H32ClIN4O3. The molecular weight excluding hydrogens is 531 g/mol. The number of aliphatic imine (C=N–C) groups is 1. The summed E-state index contributed by atoms with van der Waals surface area (Å²) < 4.78 is 5.52. The molecule has 0 radical (unpaired) electrons. The molecule has 172 valence electrons. The fourth-order valence-corrected chi connectivity index (χ4v) is 3.25. The van der Waals surface area contributed by atoms with E-state index in [1.807, 2.05) is 39.8 Å². The number of guanidine groups is 1. The standard InChI is InChI=1S/C22H31ClN4O3.HI/c1-6-24-21(26-13-22(5,29)17-12-14(2)30-16(17)4)25-11-10-20(28)27-19-9-7-8-18(23)15(19)3;/h7-9,12,29H,6,10-11,13H2,1-5H3,(H,27,28)(H2,24,25,26);1H. The minimum absolute atomic E-state index is 0. The van der Waals surface area contributed by atoms with Crippen molar-refractivity contribution in [3.05, 3.63) is 51.9 Å². The van der Waals surface area contributed by atoms with Gasteiger partial charge < -0.3 is 25.5 Å². The third-order valence-corrected chi connectivity index (χ3v) is 5.11. The van der Waals surface area contributed by atoms with Crippen LogP contribution in [0.2, 0.25) is 5.02 Å². The summed E-state index contributed by atoms with van der Waals surface area (Å²) in [6.07, 6.45) is 0.257. The first-order chi connectivity index (χ1) is 14.1. The van der Waals surface area contributed by atoms with Crippen molar-refractivity contribution in [3.8, 4) is 0 Å². The third-order valence-electron chi connectivity index (χ3n) is 4.70. The van der Waals surface area contributed by atoms with E-state index < -0.39 is 5.60 Å². The Morgan fingerprint density at radius 2 is 1.97 bits per heavy atom. The van der Waals surface area contributed by atoms with Crippen molar-refractivity contribution in [1.82, 2.24) is 10.6 Å². The second kappa shape index (κ2) is 12.3. The summed E-state index contributed by atoms with van der Waals surface area (Å²) in [7, 11) is 0. The molecule has 0 bridgehead atoms. The first-order valence-electron chi connectivity index (χ1n) is 10.0. The Morgan fingerprint density at radius 3 is 2.58 bits per heavy atom. The number of hydrogen-bond donors (Lipinski definition) is 4. The number of anilines is 1. The van der Waals surface area contributed by atoms with Crippen LogP contribution in [0.4, 0.5) is 5.69 Å². The van der Waals surface area contributed by atoms with Gasteiger partial charge in [-0.3, -0.25) is 4.79 Å². The van der Waals surface area contributed by atoms with Crippen molar-refractivity contribution in [1.29, 1.82) is 0 Å². The zero-order valence-electron chi connectivity index (χ0n) is 18.6. The number of carbonyl (C=O) groups excluding carboxylic acids is 1. The first-order valence-corrected chi connectivity index (χ1v) is 10.4. The number of rotatable bonds is 8.